The highest BCUT2D eigenvalue weighted by Crippen LogP contribution is 2.43. The molecule has 0 spiro atoms. The third-order valence-electron chi connectivity index (χ3n) is 11.6. The number of carbonyl (C=O) groups is 1. The molecule has 334 valence electrons. The molecule has 2 heterocycles. The third kappa shape index (κ3) is 15.2. The Hall–Kier alpha value is -5.33. The largest absolute Gasteiger partial charge is 0.431 e. The fourth-order valence-corrected chi connectivity index (χ4v) is 8.98. The molecule has 1 fully saturated rings. The van der Waals surface area contributed by atoms with E-state index < -0.39 is 0 Å². The van der Waals surface area contributed by atoms with E-state index in [1.165, 1.54) is 5.56 Å². The quantitative estimate of drug-likeness (QED) is 0.0205. The number of oxazole rings is 1. The average molecular weight is 872 g/mol. The van der Waals surface area contributed by atoms with E-state index in [4.69, 9.17) is 24.6 Å². The molecule has 6 rings (SSSR count). The summed E-state index contributed by atoms with van der Waals surface area (Å²) in [6.07, 6.45) is 20.8. The summed E-state index contributed by atoms with van der Waals surface area (Å²) in [5, 5.41) is 25.0. The normalized spacial score (nSPS) is 17.1. The average Bonchev–Trinajstić information content (AvgIpc) is 3.76. The number of nitrogens with one attached hydrogen (secondary N) is 4. The van der Waals surface area contributed by atoms with Crippen molar-refractivity contribution in [2.24, 2.45) is 0 Å². The fourth-order valence-electron chi connectivity index (χ4n) is 8.13. The van der Waals surface area contributed by atoms with Crippen LogP contribution in [0.25, 0.3) is 16.8 Å². The monoisotopic (exact) mass is 871 g/mol. The first kappa shape index (κ1) is 47.2. The minimum absolute atomic E-state index is 0.00727. The van der Waals surface area contributed by atoms with Crippen molar-refractivity contribution < 1.29 is 24.4 Å². The maximum absolute atomic E-state index is 12.8. The number of hydrogen-bond donors (Lipinski definition) is 6. The molecule has 10 nitrogen and oxygen atoms in total. The van der Waals surface area contributed by atoms with Crippen LogP contribution in [-0.2, 0) is 9.53 Å². The lowest BCUT2D eigenvalue weighted by molar-refractivity contribution is -0.116. The topological polar surface area (TPSA) is 141 Å². The number of hydrogen-bond acceptors (Lipinski definition) is 10. The number of hydroxylamine groups is 2. The fraction of sp³-hybridized carbons (Fsp3) is 0.385. The van der Waals surface area contributed by atoms with E-state index in [0.29, 0.717) is 28.8 Å². The smallest absolute Gasteiger partial charge is 0.256 e. The molecule has 3 atom stereocenters. The van der Waals surface area contributed by atoms with Gasteiger partial charge in [-0.05, 0) is 112 Å². The van der Waals surface area contributed by atoms with E-state index in [9.17, 15) is 4.79 Å². The Labute approximate surface area is 378 Å². The van der Waals surface area contributed by atoms with E-state index in [2.05, 4.69) is 108 Å². The maximum atomic E-state index is 12.8. The number of carbonyl (C=O) groups excluding carboxylic acids is 1. The third-order valence-corrected chi connectivity index (χ3v) is 12.6. The van der Waals surface area contributed by atoms with Gasteiger partial charge < -0.3 is 19.8 Å². The van der Waals surface area contributed by atoms with Crippen LogP contribution in [0.5, 0.6) is 0 Å². The van der Waals surface area contributed by atoms with Crippen LogP contribution in [0.2, 0.25) is 0 Å². The van der Waals surface area contributed by atoms with Gasteiger partial charge in [-0.1, -0.05) is 130 Å². The molecule has 4 aromatic rings. The van der Waals surface area contributed by atoms with Crippen LogP contribution in [0.15, 0.2) is 144 Å². The summed E-state index contributed by atoms with van der Waals surface area (Å²) in [6.45, 7) is 11.8. The number of benzene rings is 3. The van der Waals surface area contributed by atoms with Crippen LogP contribution >= 0.6 is 11.8 Å². The summed E-state index contributed by atoms with van der Waals surface area (Å²) in [5.74, 6) is 1.76. The summed E-state index contributed by atoms with van der Waals surface area (Å²) >= 11 is 1.60. The second kappa shape index (κ2) is 25.1. The lowest BCUT2D eigenvalue weighted by Gasteiger charge is -2.36. The summed E-state index contributed by atoms with van der Waals surface area (Å²) in [6, 6.07) is 27.1. The Morgan fingerprint density at radius 2 is 1.30 bits per heavy atom. The molecule has 63 heavy (non-hydrogen) atoms. The van der Waals surface area contributed by atoms with Crippen molar-refractivity contribution >= 4 is 34.6 Å². The van der Waals surface area contributed by atoms with Crippen LogP contribution < -0.4 is 21.6 Å². The second-order valence-electron chi connectivity index (χ2n) is 16.7. The molecule has 1 aliphatic heterocycles. The van der Waals surface area contributed by atoms with Crippen LogP contribution in [0.4, 0.5) is 11.4 Å². The zero-order valence-electron chi connectivity index (χ0n) is 36.6. The first-order chi connectivity index (χ1) is 30.8. The molecule has 2 aliphatic rings. The number of rotatable bonds is 26. The zero-order chi connectivity index (χ0) is 44.2. The van der Waals surface area contributed by atoms with Gasteiger partial charge in [-0.15, -0.1) is 0 Å². The summed E-state index contributed by atoms with van der Waals surface area (Å²) in [5.41, 5.74) is 13.6. The van der Waals surface area contributed by atoms with Gasteiger partial charge in [-0.25, -0.2) is 4.98 Å². The van der Waals surface area contributed by atoms with Crippen molar-refractivity contribution in [3.05, 3.63) is 151 Å². The Kier molecular flexibility index (Phi) is 18.8. The molecule has 3 aromatic carbocycles. The number of nitrogens with zero attached hydrogens (tertiary/aromatic N) is 1. The van der Waals surface area contributed by atoms with Crippen molar-refractivity contribution in [2.45, 2.75) is 126 Å². The minimum Gasteiger partial charge on any atom is -0.431 e. The highest BCUT2D eigenvalue weighted by atomic mass is 32.2. The van der Waals surface area contributed by atoms with Gasteiger partial charge in [0.15, 0.2) is 5.76 Å². The lowest BCUT2D eigenvalue weighted by atomic mass is 9.84. The second-order valence-corrected chi connectivity index (χ2v) is 17.6. The number of ether oxygens (including phenoxy) is 1. The van der Waals surface area contributed by atoms with E-state index in [1.807, 2.05) is 30.3 Å². The Morgan fingerprint density at radius 3 is 1.92 bits per heavy atom. The van der Waals surface area contributed by atoms with E-state index in [1.54, 1.807) is 11.8 Å². The van der Waals surface area contributed by atoms with Crippen molar-refractivity contribution in [3.63, 3.8) is 0 Å². The van der Waals surface area contributed by atoms with Gasteiger partial charge in [-0.3, -0.25) is 26.2 Å². The molecule has 1 aromatic heterocycles. The number of thioether (sulfide) groups is 1. The van der Waals surface area contributed by atoms with E-state index >= 15 is 0 Å². The number of unbranched alkanes of at least 4 members (excludes halogenated alkanes) is 6. The van der Waals surface area contributed by atoms with E-state index in [0.717, 1.165) is 142 Å². The molecule has 1 aliphatic carbocycles. The van der Waals surface area contributed by atoms with Crippen molar-refractivity contribution in [2.75, 3.05) is 16.4 Å². The first-order valence-corrected chi connectivity index (χ1v) is 23.6. The van der Waals surface area contributed by atoms with Gasteiger partial charge in [0.1, 0.15) is 5.69 Å². The summed E-state index contributed by atoms with van der Waals surface area (Å²) in [4.78, 5) is 17.8. The Balaban J connectivity index is 1.10. The van der Waals surface area contributed by atoms with Gasteiger partial charge in [0, 0.05) is 51.8 Å². The Bertz CT molecular complexity index is 2050. The van der Waals surface area contributed by atoms with Crippen molar-refractivity contribution in [1.82, 2.24) is 15.9 Å². The van der Waals surface area contributed by atoms with Crippen LogP contribution in [-0.4, -0.2) is 33.2 Å². The molecule has 0 bridgehead atoms. The molecule has 0 saturated carbocycles. The van der Waals surface area contributed by atoms with Crippen LogP contribution in [0.1, 0.15) is 132 Å². The predicted molar refractivity (Wildman–Crippen MR) is 256 cm³/mol. The SMILES string of the molecule is C=C(CCCCCCC(=C)Nc1ccc(C2CC(CSc3nc(-c4ccccc4)c(C4=CCCC=C4)o3)OC(c3ccc(NC(=O)CCCCCCC(=C)NO)cc3)C2)cc1)NO. The number of amides is 1. The van der Waals surface area contributed by atoms with Gasteiger partial charge in [-0.2, -0.15) is 0 Å². The molecular weight excluding hydrogens is 807 g/mol. The molecule has 1 saturated heterocycles. The van der Waals surface area contributed by atoms with Crippen molar-refractivity contribution in [1.29, 1.82) is 0 Å². The first-order valence-electron chi connectivity index (χ1n) is 22.6. The standard InChI is InChI=1S/C52H65N5O5S/c1-37(18-10-4-5-11-19-38(2)56-59)53-45-30-26-40(27-31-45)44-34-47(36-63-52-55-50(42-21-13-8-14-22-42)51(62-52)43-23-15-9-16-24-43)61-48(35-44)41-28-32-46(33-29-41)54-49(58)25-17-7-6-12-20-39(3)57-60/h8,13-15,21-24,26-33,44,47-48,53,56-57,59-60H,1-7,9-12,16-20,25,34-36H2,(H,54,58). The number of allylic oxidation sites excluding steroid dienone is 7. The van der Waals surface area contributed by atoms with Crippen LogP contribution in [0.3, 0.4) is 0 Å². The minimum atomic E-state index is -0.135. The molecule has 11 heteroatoms. The number of anilines is 2. The van der Waals surface area contributed by atoms with Crippen molar-refractivity contribution in [3.8, 4) is 11.3 Å². The summed E-state index contributed by atoms with van der Waals surface area (Å²) in [7, 11) is 0. The highest BCUT2D eigenvalue weighted by molar-refractivity contribution is 7.99. The van der Waals surface area contributed by atoms with Gasteiger partial charge >= 0.3 is 0 Å². The van der Waals surface area contributed by atoms with Gasteiger partial charge in [0.25, 0.3) is 5.22 Å². The molecule has 1 amide bonds. The molecule has 0 radical (unpaired) electrons. The lowest BCUT2D eigenvalue weighted by Crippen LogP contribution is -2.29. The highest BCUT2D eigenvalue weighted by Gasteiger charge is 2.32. The summed E-state index contributed by atoms with van der Waals surface area (Å²) < 4.78 is 13.4. The van der Waals surface area contributed by atoms with Gasteiger partial charge in [0.05, 0.1) is 12.2 Å². The number of aromatic nitrogens is 1. The zero-order valence-corrected chi connectivity index (χ0v) is 37.4. The molecule has 3 unspecified atom stereocenters. The van der Waals surface area contributed by atoms with Crippen LogP contribution in [0, 0.1) is 0 Å². The molecule has 6 N–H and O–H groups in total. The maximum Gasteiger partial charge on any atom is 0.256 e. The predicted octanol–water partition coefficient (Wildman–Crippen LogP) is 13.4. The Morgan fingerprint density at radius 1 is 0.698 bits per heavy atom. The van der Waals surface area contributed by atoms with Gasteiger partial charge in [0.2, 0.25) is 5.91 Å². The molecular formula is C52H65N5O5S. The van der Waals surface area contributed by atoms with E-state index in [-0.39, 0.29) is 24.0 Å².